The molecule has 0 saturated heterocycles. The van der Waals surface area contributed by atoms with Crippen LogP contribution < -0.4 is 0 Å². The fraction of sp³-hybridized carbons (Fsp3) is 0.0385. The summed E-state index contributed by atoms with van der Waals surface area (Å²) in [5, 5.41) is 0. The number of rotatable bonds is 4. The molecule has 0 spiro atoms. The minimum atomic E-state index is 0.898. The molecule has 5 aromatic rings. The summed E-state index contributed by atoms with van der Waals surface area (Å²) in [6, 6.07) is 25.4. The molecule has 0 N–H and O–H groups in total. The maximum Gasteiger partial charge on any atom is 0.220 e. The van der Waals surface area contributed by atoms with Gasteiger partial charge in [-0.15, -0.1) is 0 Å². The molecule has 2 heterocycles. The van der Waals surface area contributed by atoms with E-state index in [1.807, 2.05) is 18.2 Å². The minimum absolute atomic E-state index is 0.898. The van der Waals surface area contributed by atoms with E-state index >= 15 is 0 Å². The monoisotopic (exact) mass is 453 g/mol. The van der Waals surface area contributed by atoms with E-state index in [2.05, 4.69) is 105 Å². The first-order valence-electron chi connectivity index (χ1n) is 9.81. The number of halogens is 1. The number of benzene rings is 3. The average Bonchev–Trinajstić information content (AvgIpc) is 3.26. The zero-order valence-electron chi connectivity index (χ0n) is 16.6. The number of imidazole rings is 2. The van der Waals surface area contributed by atoms with Crippen molar-refractivity contribution >= 4 is 38.8 Å². The van der Waals surface area contributed by atoms with Crippen LogP contribution in [0.15, 0.2) is 96.0 Å². The van der Waals surface area contributed by atoms with Crippen LogP contribution in [0, 0.1) is 6.92 Å². The van der Waals surface area contributed by atoms with Crippen molar-refractivity contribution in [3.63, 3.8) is 0 Å². The second kappa shape index (κ2) is 7.47. The van der Waals surface area contributed by atoms with E-state index in [0.29, 0.717) is 0 Å². The van der Waals surface area contributed by atoms with Gasteiger partial charge >= 0.3 is 0 Å². The van der Waals surface area contributed by atoms with Gasteiger partial charge in [-0.25, -0.2) is 4.98 Å². The van der Waals surface area contributed by atoms with Crippen molar-refractivity contribution in [1.29, 1.82) is 0 Å². The third-order valence-electron chi connectivity index (χ3n) is 5.35. The Labute approximate surface area is 183 Å². The Morgan fingerprint density at radius 3 is 2.50 bits per heavy atom. The van der Waals surface area contributed by atoms with Crippen LogP contribution in [-0.4, -0.2) is 14.0 Å². The van der Waals surface area contributed by atoms with E-state index in [9.17, 15) is 0 Å². The second-order valence-electron chi connectivity index (χ2n) is 7.20. The Balaban J connectivity index is 1.82. The van der Waals surface area contributed by atoms with Gasteiger partial charge in [0.25, 0.3) is 0 Å². The number of fused-ring (bicyclic) bond motifs is 3. The lowest BCUT2D eigenvalue weighted by Gasteiger charge is -2.08. The van der Waals surface area contributed by atoms with Crippen molar-refractivity contribution in [3.05, 3.63) is 107 Å². The molecule has 0 aliphatic rings. The summed E-state index contributed by atoms with van der Waals surface area (Å²) in [6.07, 6.45) is 5.70. The summed E-state index contributed by atoms with van der Waals surface area (Å²) in [7, 11) is 0. The molecule has 0 atom stereocenters. The molecule has 3 aromatic carbocycles. The number of allylic oxidation sites excluding steroid dienone is 2. The third-order valence-corrected chi connectivity index (χ3v) is 5.84. The number of aromatic nitrogens is 3. The van der Waals surface area contributed by atoms with Gasteiger partial charge in [0.15, 0.2) is 0 Å². The molecule has 4 heteroatoms. The van der Waals surface area contributed by atoms with E-state index in [1.54, 1.807) is 6.08 Å². The standard InChI is InChI=1S/C26H20BrN3/c1-3-4-13-23-18(2)29-25-17-21(27)14-15-24(25)30(26(29)28-23)22-12-8-11-20(16-22)19-9-6-5-7-10-19/h3-17H,1H2,2H3/b13-4-. The van der Waals surface area contributed by atoms with E-state index in [4.69, 9.17) is 4.98 Å². The smallest absolute Gasteiger partial charge is 0.220 e. The largest absolute Gasteiger partial charge is 0.280 e. The highest BCUT2D eigenvalue weighted by Crippen LogP contribution is 2.31. The predicted octanol–water partition coefficient (Wildman–Crippen LogP) is 7.22. The Morgan fingerprint density at radius 1 is 0.900 bits per heavy atom. The molecule has 0 amide bonds. The molecule has 0 saturated carbocycles. The molecule has 0 radical (unpaired) electrons. The van der Waals surface area contributed by atoms with Crippen LogP contribution in [0.2, 0.25) is 0 Å². The van der Waals surface area contributed by atoms with Gasteiger partial charge in [-0.3, -0.25) is 8.97 Å². The third kappa shape index (κ3) is 3.01. The van der Waals surface area contributed by atoms with Gasteiger partial charge < -0.3 is 0 Å². The van der Waals surface area contributed by atoms with Crippen LogP contribution in [-0.2, 0) is 0 Å². The molecule has 0 unspecified atom stereocenters. The Morgan fingerprint density at radius 2 is 1.70 bits per heavy atom. The summed E-state index contributed by atoms with van der Waals surface area (Å²) >= 11 is 3.63. The zero-order chi connectivity index (χ0) is 20.7. The van der Waals surface area contributed by atoms with Crippen LogP contribution in [0.25, 0.3) is 39.7 Å². The van der Waals surface area contributed by atoms with Crippen LogP contribution in [0.1, 0.15) is 11.4 Å². The summed E-state index contributed by atoms with van der Waals surface area (Å²) in [5.41, 5.74) is 7.75. The van der Waals surface area contributed by atoms with Gasteiger partial charge in [0.2, 0.25) is 5.78 Å². The highest BCUT2D eigenvalue weighted by Gasteiger charge is 2.18. The Bertz CT molecular complexity index is 1420. The number of hydrogen-bond acceptors (Lipinski definition) is 1. The number of hydrogen-bond donors (Lipinski definition) is 0. The van der Waals surface area contributed by atoms with Crippen molar-refractivity contribution < 1.29 is 0 Å². The first-order valence-corrected chi connectivity index (χ1v) is 10.6. The van der Waals surface area contributed by atoms with E-state index in [-0.39, 0.29) is 0 Å². The van der Waals surface area contributed by atoms with Crippen molar-refractivity contribution in [1.82, 2.24) is 14.0 Å². The van der Waals surface area contributed by atoms with Crippen molar-refractivity contribution in [2.45, 2.75) is 6.92 Å². The SMILES string of the molecule is C=C/C=C\c1nc2n(-c3cccc(-c4ccccc4)c3)c3ccc(Br)cc3n2c1C. The molecule has 0 aliphatic heterocycles. The fourth-order valence-electron chi connectivity index (χ4n) is 3.94. The molecule has 3 nitrogen and oxygen atoms in total. The lowest BCUT2D eigenvalue weighted by atomic mass is 10.1. The van der Waals surface area contributed by atoms with Gasteiger partial charge in [-0.2, -0.15) is 0 Å². The van der Waals surface area contributed by atoms with Crippen molar-refractivity contribution in [2.75, 3.05) is 0 Å². The van der Waals surface area contributed by atoms with Crippen molar-refractivity contribution in [2.24, 2.45) is 0 Å². The predicted molar refractivity (Wildman–Crippen MR) is 129 cm³/mol. The lowest BCUT2D eigenvalue weighted by molar-refractivity contribution is 1.09. The summed E-state index contributed by atoms with van der Waals surface area (Å²) < 4.78 is 5.49. The quantitative estimate of drug-likeness (QED) is 0.263. The van der Waals surface area contributed by atoms with Crippen LogP contribution >= 0.6 is 15.9 Å². The van der Waals surface area contributed by atoms with E-state index in [1.165, 1.54) is 11.1 Å². The van der Waals surface area contributed by atoms with E-state index in [0.717, 1.165) is 38.4 Å². The van der Waals surface area contributed by atoms with Crippen LogP contribution in [0.5, 0.6) is 0 Å². The Kier molecular flexibility index (Phi) is 4.64. The fourth-order valence-corrected chi connectivity index (χ4v) is 4.29. The number of nitrogens with zero attached hydrogens (tertiary/aromatic N) is 3. The minimum Gasteiger partial charge on any atom is -0.280 e. The van der Waals surface area contributed by atoms with Gasteiger partial charge in [0.05, 0.1) is 16.7 Å². The molecule has 2 aromatic heterocycles. The Hall–Kier alpha value is -3.37. The maximum absolute atomic E-state index is 4.97. The average molecular weight is 454 g/mol. The highest BCUT2D eigenvalue weighted by molar-refractivity contribution is 9.10. The molecule has 5 rings (SSSR count). The van der Waals surface area contributed by atoms with Crippen LogP contribution in [0.3, 0.4) is 0 Å². The molecular weight excluding hydrogens is 434 g/mol. The molecule has 30 heavy (non-hydrogen) atoms. The molecule has 0 aliphatic carbocycles. The summed E-state index contributed by atoms with van der Waals surface area (Å²) in [6.45, 7) is 5.88. The topological polar surface area (TPSA) is 22.2 Å². The number of aryl methyl sites for hydroxylation is 1. The summed E-state index contributed by atoms with van der Waals surface area (Å²) in [5.74, 6) is 0.898. The van der Waals surface area contributed by atoms with Gasteiger partial charge in [0, 0.05) is 15.9 Å². The van der Waals surface area contributed by atoms with E-state index < -0.39 is 0 Å². The van der Waals surface area contributed by atoms with Gasteiger partial charge in [-0.05, 0) is 54.5 Å². The highest BCUT2D eigenvalue weighted by atomic mass is 79.9. The molecule has 0 fully saturated rings. The normalized spacial score (nSPS) is 11.7. The molecular formula is C26H20BrN3. The first-order chi connectivity index (χ1) is 14.7. The second-order valence-corrected chi connectivity index (χ2v) is 8.11. The first kappa shape index (κ1) is 18.6. The molecule has 146 valence electrons. The molecule has 0 bridgehead atoms. The summed E-state index contributed by atoms with van der Waals surface area (Å²) in [4.78, 5) is 4.97. The van der Waals surface area contributed by atoms with Crippen molar-refractivity contribution in [3.8, 4) is 16.8 Å². The lowest BCUT2D eigenvalue weighted by Crippen LogP contribution is -1.95. The maximum atomic E-state index is 4.97. The zero-order valence-corrected chi connectivity index (χ0v) is 18.2. The van der Waals surface area contributed by atoms with Gasteiger partial charge in [-0.1, -0.05) is 77.1 Å². The van der Waals surface area contributed by atoms with Gasteiger partial charge in [0.1, 0.15) is 0 Å². The van der Waals surface area contributed by atoms with Crippen LogP contribution in [0.4, 0.5) is 0 Å².